The molecule has 0 aliphatic carbocycles. The van der Waals surface area contributed by atoms with E-state index in [4.69, 9.17) is 27.4 Å². The number of ether oxygens (including phenoxy) is 2. The van der Waals surface area contributed by atoms with Crippen LogP contribution in [0.1, 0.15) is 25.5 Å². The molecule has 0 fully saturated rings. The lowest BCUT2D eigenvalue weighted by Gasteiger charge is -2.30. The number of hydrogen-bond acceptors (Lipinski definition) is 4. The van der Waals surface area contributed by atoms with Gasteiger partial charge >= 0.3 is 0 Å². The van der Waals surface area contributed by atoms with Crippen LogP contribution in [0, 0.1) is 0 Å². The van der Waals surface area contributed by atoms with Crippen molar-refractivity contribution in [2.75, 3.05) is 27.3 Å². The molecular weight excluding hydrogens is 260 g/mol. The van der Waals surface area contributed by atoms with Crippen LogP contribution in [0.5, 0.6) is 11.5 Å². The summed E-state index contributed by atoms with van der Waals surface area (Å²) in [6.07, 6.45) is 0. The van der Waals surface area contributed by atoms with Crippen molar-refractivity contribution in [3.8, 4) is 11.5 Å². The second-order valence-corrected chi connectivity index (χ2v) is 4.58. The Bertz CT molecular complexity index is 433. The van der Waals surface area contributed by atoms with Crippen molar-refractivity contribution in [1.82, 2.24) is 4.90 Å². The van der Waals surface area contributed by atoms with Gasteiger partial charge in [-0.1, -0.05) is 38.2 Å². The van der Waals surface area contributed by atoms with E-state index in [9.17, 15) is 0 Å². The van der Waals surface area contributed by atoms with Gasteiger partial charge in [-0.15, -0.1) is 0 Å². The molecule has 0 saturated carbocycles. The molecule has 0 spiro atoms. The van der Waals surface area contributed by atoms with E-state index in [-0.39, 0.29) is 6.04 Å². The zero-order valence-corrected chi connectivity index (χ0v) is 12.8. The van der Waals surface area contributed by atoms with Gasteiger partial charge in [0.15, 0.2) is 11.5 Å². The molecule has 0 amide bonds. The van der Waals surface area contributed by atoms with Crippen molar-refractivity contribution < 1.29 is 9.47 Å². The Kier molecular flexibility index (Phi) is 6.05. The van der Waals surface area contributed by atoms with Gasteiger partial charge in [-0.25, -0.2) is 0 Å². The maximum absolute atomic E-state index is 5.93. The minimum atomic E-state index is -0.143. The summed E-state index contributed by atoms with van der Waals surface area (Å²) in [4.78, 5) is 2.63. The summed E-state index contributed by atoms with van der Waals surface area (Å²) in [5.74, 6) is 1.38. The molecule has 0 saturated heterocycles. The highest BCUT2D eigenvalue weighted by molar-refractivity contribution is 7.80. The molecule has 1 aromatic rings. The molecule has 5 heteroatoms. The first-order valence-electron chi connectivity index (χ1n) is 6.34. The lowest BCUT2D eigenvalue weighted by molar-refractivity contribution is 0.263. The molecule has 2 N–H and O–H groups in total. The van der Waals surface area contributed by atoms with E-state index in [1.54, 1.807) is 14.2 Å². The fourth-order valence-corrected chi connectivity index (χ4v) is 2.52. The molecule has 1 aromatic carbocycles. The van der Waals surface area contributed by atoms with E-state index in [0.717, 1.165) is 18.7 Å². The number of likely N-dealkylation sites (N-methyl/N-ethyl adjacent to an activating group) is 1. The van der Waals surface area contributed by atoms with Gasteiger partial charge in [0, 0.05) is 5.56 Å². The molecule has 1 unspecified atom stereocenters. The first-order chi connectivity index (χ1) is 9.10. The molecule has 1 atom stereocenters. The molecule has 19 heavy (non-hydrogen) atoms. The monoisotopic (exact) mass is 282 g/mol. The Morgan fingerprint density at radius 3 is 2.32 bits per heavy atom. The zero-order valence-electron chi connectivity index (χ0n) is 12.0. The highest BCUT2D eigenvalue weighted by Gasteiger charge is 2.25. The van der Waals surface area contributed by atoms with Crippen LogP contribution < -0.4 is 15.2 Å². The smallest absolute Gasteiger partial charge is 0.165 e. The molecule has 0 bridgehead atoms. The summed E-state index contributed by atoms with van der Waals surface area (Å²) < 4.78 is 10.8. The van der Waals surface area contributed by atoms with Crippen LogP contribution in [0.3, 0.4) is 0 Å². The Balaban J connectivity index is 3.34. The fraction of sp³-hybridized carbons (Fsp3) is 0.500. The van der Waals surface area contributed by atoms with Crippen LogP contribution in [0.15, 0.2) is 18.2 Å². The topological polar surface area (TPSA) is 47.7 Å². The van der Waals surface area contributed by atoms with E-state index >= 15 is 0 Å². The zero-order chi connectivity index (χ0) is 14.4. The molecule has 0 aliphatic heterocycles. The number of rotatable bonds is 7. The molecule has 0 radical (unpaired) electrons. The fourth-order valence-electron chi connectivity index (χ4n) is 2.25. The van der Waals surface area contributed by atoms with Crippen LogP contribution in [0.4, 0.5) is 0 Å². The standard InChI is InChI=1S/C14H22N2O2S/c1-5-16(6-2)12(14(15)19)10-8-7-9-11(17-3)13(10)18-4/h7-9,12H,5-6H2,1-4H3,(H2,15,19). The van der Waals surface area contributed by atoms with E-state index in [2.05, 4.69) is 18.7 Å². The Labute approximate surface area is 120 Å². The third-order valence-corrected chi connectivity index (χ3v) is 3.40. The Hall–Kier alpha value is -1.33. The van der Waals surface area contributed by atoms with Gasteiger partial charge in [0.2, 0.25) is 0 Å². The van der Waals surface area contributed by atoms with Gasteiger partial charge in [0.05, 0.1) is 25.2 Å². The molecule has 0 aliphatic rings. The van der Waals surface area contributed by atoms with Gasteiger partial charge < -0.3 is 15.2 Å². The second-order valence-electron chi connectivity index (χ2n) is 4.11. The van der Waals surface area contributed by atoms with Gasteiger partial charge in [-0.05, 0) is 19.2 Å². The van der Waals surface area contributed by atoms with Gasteiger partial charge in [0.25, 0.3) is 0 Å². The highest BCUT2D eigenvalue weighted by atomic mass is 32.1. The molecule has 1 rings (SSSR count). The van der Waals surface area contributed by atoms with Crippen LogP contribution in [0.2, 0.25) is 0 Å². The Morgan fingerprint density at radius 2 is 1.89 bits per heavy atom. The third kappa shape index (κ3) is 3.36. The lowest BCUT2D eigenvalue weighted by atomic mass is 10.0. The van der Waals surface area contributed by atoms with Crippen LogP contribution in [-0.2, 0) is 0 Å². The van der Waals surface area contributed by atoms with Crippen LogP contribution in [0.25, 0.3) is 0 Å². The summed E-state index contributed by atoms with van der Waals surface area (Å²) in [6, 6.07) is 5.62. The van der Waals surface area contributed by atoms with Crippen molar-refractivity contribution in [3.05, 3.63) is 23.8 Å². The van der Waals surface area contributed by atoms with Crippen molar-refractivity contribution in [3.63, 3.8) is 0 Å². The largest absolute Gasteiger partial charge is 0.493 e. The maximum Gasteiger partial charge on any atom is 0.165 e. The molecule has 0 heterocycles. The number of nitrogens with two attached hydrogens (primary N) is 1. The summed E-state index contributed by atoms with van der Waals surface area (Å²) in [7, 11) is 3.25. The average Bonchev–Trinajstić information content (AvgIpc) is 2.43. The molecule has 0 aromatic heterocycles. The van der Waals surface area contributed by atoms with Crippen molar-refractivity contribution in [2.24, 2.45) is 5.73 Å². The number of para-hydroxylation sites is 1. The van der Waals surface area contributed by atoms with Gasteiger partial charge in [-0.2, -0.15) is 0 Å². The lowest BCUT2D eigenvalue weighted by Crippen LogP contribution is -2.37. The van der Waals surface area contributed by atoms with Crippen molar-refractivity contribution >= 4 is 17.2 Å². The molecular formula is C14H22N2O2S. The van der Waals surface area contributed by atoms with Crippen molar-refractivity contribution in [2.45, 2.75) is 19.9 Å². The number of methoxy groups -OCH3 is 2. The first kappa shape index (κ1) is 15.7. The van der Waals surface area contributed by atoms with E-state index in [1.807, 2.05) is 18.2 Å². The van der Waals surface area contributed by atoms with Gasteiger partial charge in [-0.3, -0.25) is 4.90 Å². The number of benzene rings is 1. The Morgan fingerprint density at radius 1 is 1.26 bits per heavy atom. The van der Waals surface area contributed by atoms with E-state index in [0.29, 0.717) is 16.5 Å². The minimum Gasteiger partial charge on any atom is -0.493 e. The molecule has 106 valence electrons. The minimum absolute atomic E-state index is 0.143. The van der Waals surface area contributed by atoms with Gasteiger partial charge in [0.1, 0.15) is 0 Å². The summed E-state index contributed by atoms with van der Waals surface area (Å²) in [5, 5.41) is 0. The third-order valence-electron chi connectivity index (χ3n) is 3.17. The van der Waals surface area contributed by atoms with Crippen molar-refractivity contribution in [1.29, 1.82) is 0 Å². The van der Waals surface area contributed by atoms with E-state index < -0.39 is 0 Å². The van der Waals surface area contributed by atoms with Crippen LogP contribution in [-0.4, -0.2) is 37.2 Å². The highest BCUT2D eigenvalue weighted by Crippen LogP contribution is 2.36. The van der Waals surface area contributed by atoms with E-state index in [1.165, 1.54) is 0 Å². The molecule has 4 nitrogen and oxygen atoms in total. The predicted molar refractivity (Wildman–Crippen MR) is 82.0 cm³/mol. The predicted octanol–water partition coefficient (Wildman–Crippen LogP) is 2.37. The SMILES string of the molecule is CCN(CC)C(C(N)=S)c1cccc(OC)c1OC. The average molecular weight is 282 g/mol. The summed E-state index contributed by atoms with van der Waals surface area (Å²) in [5.41, 5.74) is 6.87. The maximum atomic E-state index is 5.93. The first-order valence-corrected chi connectivity index (χ1v) is 6.75. The normalized spacial score (nSPS) is 12.3. The number of nitrogens with zero attached hydrogens (tertiary/aromatic N) is 1. The quantitative estimate of drug-likeness (QED) is 0.778. The second kappa shape index (κ2) is 7.31. The number of hydrogen-bond donors (Lipinski definition) is 1. The van der Waals surface area contributed by atoms with Crippen LogP contribution >= 0.6 is 12.2 Å². The summed E-state index contributed by atoms with van der Waals surface area (Å²) in [6.45, 7) is 5.89. The summed E-state index contributed by atoms with van der Waals surface area (Å²) >= 11 is 5.23. The number of thiocarbonyl (C=S) groups is 1.